The lowest BCUT2D eigenvalue weighted by molar-refractivity contribution is 0.337. The number of hydrogen-bond donors (Lipinski definition) is 0. The maximum Gasteiger partial charge on any atom is 0.261 e. The first kappa shape index (κ1) is 19.5. The first-order valence-corrected chi connectivity index (χ1v) is 10.3. The largest absolute Gasteiger partial charge is 0.298 e. The first-order valence-electron chi connectivity index (χ1n) is 8.50. The third-order valence-electron chi connectivity index (χ3n) is 4.54. The van der Waals surface area contributed by atoms with Crippen molar-refractivity contribution < 1.29 is 8.42 Å². The predicted molar refractivity (Wildman–Crippen MR) is 106 cm³/mol. The summed E-state index contributed by atoms with van der Waals surface area (Å²) in [6.07, 6.45) is 0. The highest BCUT2D eigenvalue weighted by molar-refractivity contribution is 7.89. The second kappa shape index (κ2) is 7.42. The fraction of sp³-hybridized carbons (Fsp3) is 0.263. The molecule has 0 N–H and O–H groups in total. The Morgan fingerprint density at radius 1 is 1.19 bits per heavy atom. The molecule has 0 amide bonds. The molecule has 2 aromatic carbocycles. The number of aromatic nitrogens is 2. The molecule has 0 saturated heterocycles. The maximum atomic E-state index is 13.1. The number of rotatable bonds is 5. The van der Waals surface area contributed by atoms with E-state index in [1.54, 1.807) is 69.4 Å². The first-order chi connectivity index (χ1) is 12.8. The van der Waals surface area contributed by atoms with Crippen molar-refractivity contribution in [2.24, 2.45) is 7.05 Å². The van der Waals surface area contributed by atoms with E-state index in [2.05, 4.69) is 4.98 Å². The standard InChI is InChI=1S/C19H20ClN3O3S/c1-4-23(27(25,26)15-8-6-5-7-9-15)13(2)18-21-17-11-10-14(20)12-16(17)19(24)22(18)3/h5-13H,4H2,1-3H3. The molecule has 1 aromatic heterocycles. The topological polar surface area (TPSA) is 72.3 Å². The highest BCUT2D eigenvalue weighted by atomic mass is 35.5. The van der Waals surface area contributed by atoms with Crippen molar-refractivity contribution in [1.82, 2.24) is 13.9 Å². The van der Waals surface area contributed by atoms with Crippen molar-refractivity contribution in [3.8, 4) is 0 Å². The molecule has 0 aliphatic carbocycles. The minimum absolute atomic E-state index is 0.205. The van der Waals surface area contributed by atoms with Gasteiger partial charge in [-0.15, -0.1) is 0 Å². The molecule has 0 fully saturated rings. The number of nitrogens with zero attached hydrogens (tertiary/aromatic N) is 3. The van der Waals surface area contributed by atoms with Gasteiger partial charge in [0, 0.05) is 18.6 Å². The Balaban J connectivity index is 2.14. The number of hydrogen-bond acceptors (Lipinski definition) is 4. The van der Waals surface area contributed by atoms with Crippen LogP contribution >= 0.6 is 11.6 Å². The monoisotopic (exact) mass is 405 g/mol. The Morgan fingerprint density at radius 2 is 1.85 bits per heavy atom. The zero-order chi connectivity index (χ0) is 19.8. The minimum atomic E-state index is -3.73. The van der Waals surface area contributed by atoms with Crippen LogP contribution < -0.4 is 5.56 Å². The van der Waals surface area contributed by atoms with Crippen LogP contribution in [0.15, 0.2) is 58.2 Å². The average molecular weight is 406 g/mol. The van der Waals surface area contributed by atoms with Gasteiger partial charge in [0.1, 0.15) is 5.82 Å². The van der Waals surface area contributed by atoms with E-state index in [-0.39, 0.29) is 17.0 Å². The molecule has 3 rings (SSSR count). The van der Waals surface area contributed by atoms with Crippen LogP contribution in [-0.2, 0) is 17.1 Å². The highest BCUT2D eigenvalue weighted by Crippen LogP contribution is 2.26. The molecule has 0 radical (unpaired) electrons. The molecule has 0 aliphatic rings. The molecule has 0 aliphatic heterocycles. The van der Waals surface area contributed by atoms with Crippen molar-refractivity contribution in [3.63, 3.8) is 0 Å². The SMILES string of the molecule is CCN(C(C)c1nc2ccc(Cl)cc2c(=O)n1C)S(=O)(=O)c1ccccc1. The molecule has 8 heteroatoms. The summed E-state index contributed by atoms with van der Waals surface area (Å²) in [4.78, 5) is 17.5. The number of sulfonamides is 1. The Bertz CT molecular complexity index is 1140. The lowest BCUT2D eigenvalue weighted by Crippen LogP contribution is -2.37. The van der Waals surface area contributed by atoms with Crippen molar-refractivity contribution in [3.05, 3.63) is 69.7 Å². The predicted octanol–water partition coefficient (Wildman–Crippen LogP) is 3.36. The van der Waals surface area contributed by atoms with E-state index < -0.39 is 16.1 Å². The van der Waals surface area contributed by atoms with E-state index in [1.807, 2.05) is 0 Å². The zero-order valence-corrected chi connectivity index (χ0v) is 16.8. The van der Waals surface area contributed by atoms with Gasteiger partial charge in [-0.1, -0.05) is 36.7 Å². The summed E-state index contributed by atoms with van der Waals surface area (Å²) in [5.74, 6) is 0.371. The fourth-order valence-corrected chi connectivity index (χ4v) is 4.94. The van der Waals surface area contributed by atoms with Crippen LogP contribution in [0.5, 0.6) is 0 Å². The van der Waals surface area contributed by atoms with Gasteiger partial charge in [-0.2, -0.15) is 4.31 Å². The van der Waals surface area contributed by atoms with E-state index in [1.165, 1.54) is 8.87 Å². The molecule has 0 spiro atoms. The van der Waals surface area contributed by atoms with Crippen LogP contribution in [0.1, 0.15) is 25.7 Å². The lowest BCUT2D eigenvalue weighted by atomic mass is 10.2. The molecular weight excluding hydrogens is 386 g/mol. The van der Waals surface area contributed by atoms with Gasteiger partial charge in [0.2, 0.25) is 10.0 Å². The smallest absolute Gasteiger partial charge is 0.261 e. The molecule has 0 saturated carbocycles. The number of halogens is 1. The van der Waals surface area contributed by atoms with Gasteiger partial charge < -0.3 is 0 Å². The van der Waals surface area contributed by atoms with E-state index in [0.717, 1.165) is 0 Å². The van der Waals surface area contributed by atoms with E-state index in [9.17, 15) is 13.2 Å². The molecule has 3 aromatic rings. The second-order valence-corrected chi connectivity index (χ2v) is 8.52. The normalized spacial score (nSPS) is 13.2. The average Bonchev–Trinajstić information content (AvgIpc) is 2.66. The summed E-state index contributed by atoms with van der Waals surface area (Å²) in [6, 6.07) is 12.5. The Kier molecular flexibility index (Phi) is 5.37. The summed E-state index contributed by atoms with van der Waals surface area (Å²) in [6.45, 7) is 3.73. The molecule has 1 heterocycles. The van der Waals surface area contributed by atoms with Gasteiger partial charge >= 0.3 is 0 Å². The third-order valence-corrected chi connectivity index (χ3v) is 6.83. The zero-order valence-electron chi connectivity index (χ0n) is 15.3. The Labute approximate surface area is 163 Å². The molecular formula is C19H20ClN3O3S. The van der Waals surface area contributed by atoms with Crippen LogP contribution in [-0.4, -0.2) is 28.8 Å². The molecule has 142 valence electrons. The van der Waals surface area contributed by atoms with Crippen LogP contribution in [0.3, 0.4) is 0 Å². The molecule has 6 nitrogen and oxygen atoms in total. The van der Waals surface area contributed by atoms with E-state index in [0.29, 0.717) is 21.7 Å². The summed E-state index contributed by atoms with van der Waals surface area (Å²) >= 11 is 5.98. The van der Waals surface area contributed by atoms with Gasteiger partial charge in [-0.25, -0.2) is 13.4 Å². The quantitative estimate of drug-likeness (QED) is 0.652. The summed E-state index contributed by atoms with van der Waals surface area (Å²) in [7, 11) is -2.14. The van der Waals surface area contributed by atoms with Gasteiger partial charge in [0.15, 0.2) is 0 Å². The Hall–Kier alpha value is -2.22. The minimum Gasteiger partial charge on any atom is -0.298 e. The van der Waals surface area contributed by atoms with Crippen LogP contribution in [0.2, 0.25) is 5.02 Å². The number of fused-ring (bicyclic) bond motifs is 1. The lowest BCUT2D eigenvalue weighted by Gasteiger charge is -2.28. The van der Waals surface area contributed by atoms with Crippen LogP contribution in [0.4, 0.5) is 0 Å². The van der Waals surface area contributed by atoms with Gasteiger partial charge in [-0.3, -0.25) is 9.36 Å². The highest BCUT2D eigenvalue weighted by Gasteiger charge is 2.31. The number of benzene rings is 2. The molecule has 27 heavy (non-hydrogen) atoms. The van der Waals surface area contributed by atoms with Crippen LogP contribution in [0.25, 0.3) is 10.9 Å². The van der Waals surface area contributed by atoms with Gasteiger partial charge in [0.05, 0.1) is 21.8 Å². The van der Waals surface area contributed by atoms with Crippen molar-refractivity contribution in [2.45, 2.75) is 24.8 Å². The van der Waals surface area contributed by atoms with Crippen molar-refractivity contribution >= 4 is 32.5 Å². The Morgan fingerprint density at radius 3 is 2.48 bits per heavy atom. The summed E-state index contributed by atoms with van der Waals surface area (Å²) in [5.41, 5.74) is 0.218. The third kappa shape index (κ3) is 3.50. The molecule has 1 atom stereocenters. The fourth-order valence-electron chi connectivity index (χ4n) is 3.14. The van der Waals surface area contributed by atoms with Crippen LogP contribution in [0, 0.1) is 0 Å². The van der Waals surface area contributed by atoms with E-state index in [4.69, 9.17) is 11.6 Å². The van der Waals surface area contributed by atoms with Gasteiger partial charge in [-0.05, 0) is 37.3 Å². The molecule has 0 bridgehead atoms. The second-order valence-electron chi connectivity index (χ2n) is 6.19. The van der Waals surface area contributed by atoms with Gasteiger partial charge in [0.25, 0.3) is 5.56 Å². The molecule has 1 unspecified atom stereocenters. The van der Waals surface area contributed by atoms with Crippen molar-refractivity contribution in [2.75, 3.05) is 6.54 Å². The van der Waals surface area contributed by atoms with Crippen molar-refractivity contribution in [1.29, 1.82) is 0 Å². The maximum absolute atomic E-state index is 13.1. The summed E-state index contributed by atoms with van der Waals surface area (Å²) < 4.78 is 28.9. The van der Waals surface area contributed by atoms with E-state index >= 15 is 0 Å². The summed E-state index contributed by atoms with van der Waals surface area (Å²) in [5, 5.41) is 0.846.